The summed E-state index contributed by atoms with van der Waals surface area (Å²) in [5, 5.41) is 4.79. The number of nitrogens with one attached hydrogen (secondary N) is 1. The van der Waals surface area contributed by atoms with Crippen molar-refractivity contribution in [1.29, 1.82) is 0 Å². The Morgan fingerprint density at radius 2 is 1.96 bits per heavy atom. The van der Waals surface area contributed by atoms with Crippen LogP contribution < -0.4 is 5.32 Å². The Bertz CT molecular complexity index is 928. The van der Waals surface area contributed by atoms with E-state index in [0.29, 0.717) is 6.54 Å². The third-order valence-electron chi connectivity index (χ3n) is 3.19. The van der Waals surface area contributed by atoms with E-state index in [9.17, 15) is 8.42 Å². The minimum absolute atomic E-state index is 0.0959. The second kappa shape index (κ2) is 7.02. The Hall–Kier alpha value is -2.38. The van der Waals surface area contributed by atoms with Crippen LogP contribution in [0.4, 0.5) is 5.88 Å². The molecule has 0 bridgehead atoms. The average Bonchev–Trinajstić information content (AvgIpc) is 3.24. The predicted molar refractivity (Wildman–Crippen MR) is 95.8 cm³/mol. The van der Waals surface area contributed by atoms with Crippen molar-refractivity contribution in [3.8, 4) is 0 Å². The second-order valence-electron chi connectivity index (χ2n) is 4.88. The molecule has 24 heavy (non-hydrogen) atoms. The van der Waals surface area contributed by atoms with Gasteiger partial charge in [-0.25, -0.2) is 8.42 Å². The first-order valence-corrected chi connectivity index (χ1v) is 9.74. The van der Waals surface area contributed by atoms with Gasteiger partial charge in [0.25, 0.3) is 0 Å². The van der Waals surface area contributed by atoms with Gasteiger partial charge in [0.1, 0.15) is 0 Å². The molecule has 0 aliphatic carbocycles. The van der Waals surface area contributed by atoms with Crippen molar-refractivity contribution < 1.29 is 12.8 Å². The lowest BCUT2D eigenvalue weighted by Crippen LogP contribution is -2.06. The summed E-state index contributed by atoms with van der Waals surface area (Å²) in [6, 6.07) is 12.1. The number of thiophene rings is 1. The molecular formula is C17H16N2O3S2. The van der Waals surface area contributed by atoms with Gasteiger partial charge in [0.15, 0.2) is 0 Å². The first-order valence-electron chi connectivity index (χ1n) is 7.37. The van der Waals surface area contributed by atoms with Crippen LogP contribution in [0.15, 0.2) is 62.2 Å². The summed E-state index contributed by atoms with van der Waals surface area (Å²) >= 11 is 1.58. The standard InChI is InChI=1S/C17H16N2O3S2/c1-2-18-16-17(24(20,21)14-8-4-3-5-9-14)19-15(22-16)11-10-13-7-6-12-23-13/h3-12,18H,2H2,1H3/b11-10+. The lowest BCUT2D eigenvalue weighted by molar-refractivity contribution is 0.556. The summed E-state index contributed by atoms with van der Waals surface area (Å²) in [5.41, 5.74) is 0. The van der Waals surface area contributed by atoms with Crippen LogP contribution in [0.2, 0.25) is 0 Å². The van der Waals surface area contributed by atoms with Crippen LogP contribution in [-0.4, -0.2) is 19.9 Å². The maximum atomic E-state index is 12.8. The molecule has 3 aromatic rings. The highest BCUT2D eigenvalue weighted by molar-refractivity contribution is 7.91. The maximum absolute atomic E-state index is 12.8. The molecule has 1 N–H and O–H groups in total. The number of oxazole rings is 1. The fourth-order valence-electron chi connectivity index (χ4n) is 2.10. The van der Waals surface area contributed by atoms with Crippen LogP contribution in [0.25, 0.3) is 12.2 Å². The summed E-state index contributed by atoms with van der Waals surface area (Å²) in [5.74, 6) is 0.404. The van der Waals surface area contributed by atoms with Crippen molar-refractivity contribution >= 4 is 39.2 Å². The molecule has 2 aromatic heterocycles. The van der Waals surface area contributed by atoms with E-state index in [0.717, 1.165) is 4.88 Å². The molecule has 7 heteroatoms. The minimum Gasteiger partial charge on any atom is -0.420 e. The van der Waals surface area contributed by atoms with Crippen molar-refractivity contribution in [2.24, 2.45) is 0 Å². The summed E-state index contributed by atoms with van der Waals surface area (Å²) in [6.45, 7) is 2.39. The van der Waals surface area contributed by atoms with E-state index >= 15 is 0 Å². The van der Waals surface area contributed by atoms with Crippen molar-refractivity contribution in [2.45, 2.75) is 16.8 Å². The van der Waals surface area contributed by atoms with E-state index in [4.69, 9.17) is 4.42 Å². The van der Waals surface area contributed by atoms with Crippen molar-refractivity contribution in [3.63, 3.8) is 0 Å². The fraction of sp³-hybridized carbons (Fsp3) is 0.118. The van der Waals surface area contributed by atoms with E-state index in [1.54, 1.807) is 47.7 Å². The van der Waals surface area contributed by atoms with Gasteiger partial charge in [0.05, 0.1) is 4.90 Å². The largest absolute Gasteiger partial charge is 0.420 e. The van der Waals surface area contributed by atoms with Gasteiger partial charge >= 0.3 is 0 Å². The van der Waals surface area contributed by atoms with Crippen LogP contribution in [0.1, 0.15) is 17.7 Å². The number of hydrogen-bond acceptors (Lipinski definition) is 6. The van der Waals surface area contributed by atoms with Gasteiger partial charge in [-0.15, -0.1) is 11.3 Å². The van der Waals surface area contributed by atoms with Crippen molar-refractivity contribution in [2.75, 3.05) is 11.9 Å². The van der Waals surface area contributed by atoms with Crippen LogP contribution in [0, 0.1) is 0 Å². The zero-order chi connectivity index (χ0) is 17.0. The first kappa shape index (κ1) is 16.5. The lowest BCUT2D eigenvalue weighted by atomic mass is 10.4. The number of sulfone groups is 1. The number of aromatic nitrogens is 1. The van der Waals surface area contributed by atoms with E-state index in [2.05, 4.69) is 10.3 Å². The van der Waals surface area contributed by atoms with Gasteiger partial charge in [0, 0.05) is 17.5 Å². The highest BCUT2D eigenvalue weighted by Gasteiger charge is 2.27. The molecule has 124 valence electrons. The fourth-order valence-corrected chi connectivity index (χ4v) is 4.02. The minimum atomic E-state index is -3.74. The number of rotatable bonds is 6. The molecule has 0 amide bonds. The predicted octanol–water partition coefficient (Wildman–Crippen LogP) is 4.17. The van der Waals surface area contributed by atoms with E-state index < -0.39 is 9.84 Å². The molecule has 3 rings (SSSR count). The number of hydrogen-bond donors (Lipinski definition) is 1. The third kappa shape index (κ3) is 3.42. The van der Waals surface area contributed by atoms with Gasteiger partial charge in [-0.05, 0) is 36.6 Å². The molecule has 0 fully saturated rings. The summed E-state index contributed by atoms with van der Waals surface area (Å²) in [6.07, 6.45) is 3.50. The molecule has 0 radical (unpaired) electrons. The third-order valence-corrected chi connectivity index (χ3v) is 5.71. The maximum Gasteiger partial charge on any atom is 0.233 e. The SMILES string of the molecule is CCNc1oc(/C=C/c2cccs2)nc1S(=O)(=O)c1ccccc1. The smallest absolute Gasteiger partial charge is 0.233 e. The van der Waals surface area contributed by atoms with E-state index in [1.165, 1.54) is 0 Å². The molecule has 2 heterocycles. The molecule has 0 saturated heterocycles. The molecule has 0 atom stereocenters. The highest BCUT2D eigenvalue weighted by atomic mass is 32.2. The van der Waals surface area contributed by atoms with E-state index in [1.807, 2.05) is 30.5 Å². The molecular weight excluding hydrogens is 344 g/mol. The Balaban J connectivity index is 2.01. The van der Waals surface area contributed by atoms with Gasteiger partial charge in [-0.2, -0.15) is 4.98 Å². The highest BCUT2D eigenvalue weighted by Crippen LogP contribution is 2.29. The first-order chi connectivity index (χ1) is 11.6. The van der Waals surface area contributed by atoms with Gasteiger partial charge in [-0.1, -0.05) is 24.3 Å². The normalized spacial score (nSPS) is 11.9. The second-order valence-corrected chi connectivity index (χ2v) is 7.73. The van der Waals surface area contributed by atoms with Gasteiger partial charge in [-0.3, -0.25) is 0 Å². The Labute approximate surface area is 144 Å². The lowest BCUT2D eigenvalue weighted by Gasteiger charge is -2.03. The number of nitrogens with zero attached hydrogens (tertiary/aromatic N) is 1. The van der Waals surface area contributed by atoms with Crippen molar-refractivity contribution in [3.05, 3.63) is 58.6 Å². The monoisotopic (exact) mass is 360 g/mol. The van der Waals surface area contributed by atoms with Crippen LogP contribution in [0.5, 0.6) is 0 Å². The zero-order valence-electron chi connectivity index (χ0n) is 13.0. The van der Waals surface area contributed by atoms with Crippen LogP contribution in [0.3, 0.4) is 0 Å². The summed E-state index contributed by atoms with van der Waals surface area (Å²) < 4.78 is 31.2. The van der Waals surface area contributed by atoms with Crippen LogP contribution in [-0.2, 0) is 9.84 Å². The Morgan fingerprint density at radius 3 is 2.62 bits per heavy atom. The quantitative estimate of drug-likeness (QED) is 0.714. The topological polar surface area (TPSA) is 72.2 Å². The number of benzene rings is 1. The molecule has 0 unspecified atom stereocenters. The van der Waals surface area contributed by atoms with Gasteiger partial charge in [0.2, 0.25) is 26.6 Å². The van der Waals surface area contributed by atoms with Crippen molar-refractivity contribution in [1.82, 2.24) is 4.98 Å². The summed E-state index contributed by atoms with van der Waals surface area (Å²) in [4.78, 5) is 5.40. The van der Waals surface area contributed by atoms with Crippen LogP contribution >= 0.6 is 11.3 Å². The Kier molecular flexibility index (Phi) is 4.82. The van der Waals surface area contributed by atoms with Gasteiger partial charge < -0.3 is 9.73 Å². The summed E-state index contributed by atoms with van der Waals surface area (Å²) in [7, 11) is -3.74. The number of anilines is 1. The Morgan fingerprint density at radius 1 is 1.17 bits per heavy atom. The molecule has 0 spiro atoms. The molecule has 0 aliphatic heterocycles. The molecule has 5 nitrogen and oxygen atoms in total. The molecule has 0 aliphatic rings. The van der Waals surface area contributed by atoms with E-state index in [-0.39, 0.29) is 21.7 Å². The molecule has 0 saturated carbocycles. The average molecular weight is 360 g/mol. The molecule has 1 aromatic carbocycles. The zero-order valence-corrected chi connectivity index (χ0v) is 14.6.